The van der Waals surface area contributed by atoms with E-state index >= 15 is 0 Å². The van der Waals surface area contributed by atoms with E-state index in [1.807, 2.05) is 0 Å². The molecule has 1 aromatic rings. The minimum atomic E-state index is 0.447. The number of morpholine rings is 1. The second-order valence-corrected chi connectivity index (χ2v) is 6.61. The number of ether oxygens (including phenoxy) is 1. The molecule has 0 radical (unpaired) electrons. The summed E-state index contributed by atoms with van der Waals surface area (Å²) < 4.78 is 7.54. The Morgan fingerprint density at radius 1 is 1.56 bits per heavy atom. The van der Waals surface area contributed by atoms with E-state index in [0.717, 1.165) is 26.0 Å². The third kappa shape index (κ3) is 1.88. The molecule has 0 bridgehead atoms. The first-order chi connectivity index (χ1) is 7.88. The number of fused-ring (bicyclic) bond motifs is 2. The summed E-state index contributed by atoms with van der Waals surface area (Å²) in [5, 5.41) is 2.12. The van der Waals surface area contributed by atoms with Crippen molar-refractivity contribution in [2.45, 2.75) is 38.3 Å². The molecule has 16 heavy (non-hydrogen) atoms. The monoisotopic (exact) mass is 286 g/mol. The van der Waals surface area contributed by atoms with Gasteiger partial charge in [-0.1, -0.05) is 0 Å². The molecule has 2 atom stereocenters. The molecule has 88 valence electrons. The summed E-state index contributed by atoms with van der Waals surface area (Å²) in [7, 11) is 0. The summed E-state index contributed by atoms with van der Waals surface area (Å²) in [5.41, 5.74) is 1.38. The van der Waals surface area contributed by atoms with E-state index in [1.165, 1.54) is 18.7 Å². The molecule has 2 aliphatic rings. The molecule has 0 unspecified atom stereocenters. The van der Waals surface area contributed by atoms with Gasteiger partial charge in [-0.15, -0.1) is 0 Å². The maximum absolute atomic E-state index is 5.95. The molecular formula is C12H18N2OSe. The van der Waals surface area contributed by atoms with Crippen molar-refractivity contribution in [1.29, 1.82) is 0 Å². The van der Waals surface area contributed by atoms with E-state index in [4.69, 9.17) is 4.74 Å². The van der Waals surface area contributed by atoms with Gasteiger partial charge in [-0.25, -0.2) is 0 Å². The Bertz CT molecular complexity index is 364. The van der Waals surface area contributed by atoms with Crippen molar-refractivity contribution >= 4 is 14.5 Å². The Balaban J connectivity index is 1.81. The van der Waals surface area contributed by atoms with Gasteiger partial charge in [0.2, 0.25) is 0 Å². The zero-order valence-corrected chi connectivity index (χ0v) is 11.4. The molecule has 1 aliphatic carbocycles. The van der Waals surface area contributed by atoms with Gasteiger partial charge < -0.3 is 0 Å². The molecule has 3 nitrogen and oxygen atoms in total. The fourth-order valence-electron chi connectivity index (χ4n) is 2.86. The molecule has 2 heterocycles. The van der Waals surface area contributed by atoms with Gasteiger partial charge in [0.15, 0.2) is 0 Å². The Labute approximate surface area is 103 Å². The van der Waals surface area contributed by atoms with Gasteiger partial charge in [0.25, 0.3) is 0 Å². The number of hydrogen-bond donors (Lipinski definition) is 0. The van der Waals surface area contributed by atoms with E-state index in [2.05, 4.69) is 21.9 Å². The topological polar surface area (TPSA) is 25.4 Å². The van der Waals surface area contributed by atoms with Gasteiger partial charge >= 0.3 is 102 Å². The van der Waals surface area contributed by atoms with Crippen LogP contribution in [-0.2, 0) is 17.6 Å². The summed E-state index contributed by atoms with van der Waals surface area (Å²) in [4.78, 5) is 7.15. The molecular weight excluding hydrogens is 267 g/mol. The van der Waals surface area contributed by atoms with Crippen LogP contribution in [-0.4, -0.2) is 56.2 Å². The number of rotatable bonds is 2. The number of aromatic nitrogens is 1. The molecule has 0 spiro atoms. The van der Waals surface area contributed by atoms with Crippen LogP contribution in [0, 0.1) is 0 Å². The van der Waals surface area contributed by atoms with Gasteiger partial charge in [0, 0.05) is 0 Å². The molecule has 0 N–H and O–H groups in total. The maximum atomic E-state index is 5.95. The second-order valence-electron chi connectivity index (χ2n) is 4.64. The summed E-state index contributed by atoms with van der Waals surface area (Å²) in [6.07, 6.45) is 3.95. The van der Waals surface area contributed by atoms with Crippen molar-refractivity contribution in [3.63, 3.8) is 0 Å². The van der Waals surface area contributed by atoms with Crippen molar-refractivity contribution in [1.82, 2.24) is 9.88 Å². The molecule has 1 fully saturated rings. The van der Waals surface area contributed by atoms with E-state index in [9.17, 15) is 0 Å². The van der Waals surface area contributed by atoms with Crippen molar-refractivity contribution in [2.75, 3.05) is 19.7 Å². The summed E-state index contributed by atoms with van der Waals surface area (Å²) in [6, 6.07) is 0.596. The number of nitrogens with zero attached hydrogens (tertiary/aromatic N) is 2. The van der Waals surface area contributed by atoms with Crippen molar-refractivity contribution in [3.8, 4) is 0 Å². The van der Waals surface area contributed by atoms with E-state index in [1.54, 1.807) is 4.44 Å². The average Bonchev–Trinajstić information content (AvgIpc) is 2.74. The van der Waals surface area contributed by atoms with E-state index in [0.29, 0.717) is 26.6 Å². The van der Waals surface area contributed by atoms with Crippen molar-refractivity contribution in [3.05, 3.63) is 15.2 Å². The zero-order chi connectivity index (χ0) is 11.0. The minimum absolute atomic E-state index is 0.447. The van der Waals surface area contributed by atoms with Crippen LogP contribution in [0.4, 0.5) is 0 Å². The van der Waals surface area contributed by atoms with Crippen LogP contribution in [0.1, 0.15) is 23.5 Å². The van der Waals surface area contributed by atoms with Gasteiger partial charge in [0.1, 0.15) is 0 Å². The average molecular weight is 285 g/mol. The summed E-state index contributed by atoms with van der Waals surface area (Å²) >= 11 is 0.525. The molecule has 1 saturated heterocycles. The number of hydrogen-bond acceptors (Lipinski definition) is 3. The Hall–Kier alpha value is -0.151. The van der Waals surface area contributed by atoms with Gasteiger partial charge in [-0.2, -0.15) is 0 Å². The van der Waals surface area contributed by atoms with Crippen LogP contribution in [0.5, 0.6) is 0 Å². The molecule has 4 heteroatoms. The van der Waals surface area contributed by atoms with E-state index < -0.39 is 0 Å². The van der Waals surface area contributed by atoms with Gasteiger partial charge in [-0.3, -0.25) is 0 Å². The molecule has 1 aliphatic heterocycles. The predicted molar refractivity (Wildman–Crippen MR) is 64.0 cm³/mol. The van der Waals surface area contributed by atoms with Gasteiger partial charge in [0.05, 0.1) is 0 Å². The molecule has 1 aromatic heterocycles. The quantitative estimate of drug-likeness (QED) is 0.749. The van der Waals surface area contributed by atoms with Crippen LogP contribution in [0.2, 0.25) is 0 Å². The normalized spacial score (nSPS) is 29.8. The van der Waals surface area contributed by atoms with Crippen LogP contribution < -0.4 is 0 Å². The fraction of sp³-hybridized carbons (Fsp3) is 0.750. The molecule has 0 amide bonds. The second kappa shape index (κ2) is 4.61. The first-order valence-electron chi connectivity index (χ1n) is 6.15. The first kappa shape index (κ1) is 11.0. The van der Waals surface area contributed by atoms with Gasteiger partial charge in [-0.05, 0) is 0 Å². The third-order valence-electron chi connectivity index (χ3n) is 3.63. The SMILES string of the molecule is CCCN1CCO[C@H]2Cc3[se]cnc3C[C@@H]21. The van der Waals surface area contributed by atoms with Crippen LogP contribution in [0.3, 0.4) is 0 Å². The van der Waals surface area contributed by atoms with Crippen LogP contribution in [0.15, 0.2) is 5.07 Å². The fourth-order valence-corrected chi connectivity index (χ4v) is 4.62. The Morgan fingerprint density at radius 3 is 3.38 bits per heavy atom. The van der Waals surface area contributed by atoms with E-state index in [-0.39, 0.29) is 0 Å². The van der Waals surface area contributed by atoms with Crippen molar-refractivity contribution in [2.24, 2.45) is 0 Å². The van der Waals surface area contributed by atoms with Crippen LogP contribution in [0.25, 0.3) is 0 Å². The standard InChI is InChI=1S/C12H18N2OSe/c1-2-3-14-4-5-15-11-7-12-9(6-10(11)14)13-8-16-12/h8,10-11H,2-7H2,1H3/t10-,11-/m0/s1. The molecule has 0 aromatic carbocycles. The Kier molecular flexibility index (Phi) is 3.16. The zero-order valence-electron chi connectivity index (χ0n) is 9.69. The summed E-state index contributed by atoms with van der Waals surface area (Å²) in [6.45, 7) is 5.49. The first-order valence-corrected chi connectivity index (χ1v) is 8.00. The third-order valence-corrected chi connectivity index (χ3v) is 5.52. The Morgan fingerprint density at radius 2 is 2.50 bits per heavy atom. The van der Waals surface area contributed by atoms with Crippen LogP contribution >= 0.6 is 0 Å². The van der Waals surface area contributed by atoms with Crippen molar-refractivity contribution < 1.29 is 4.74 Å². The molecule has 3 rings (SSSR count). The molecule has 0 saturated carbocycles. The summed E-state index contributed by atoms with van der Waals surface area (Å²) in [5.74, 6) is 0. The predicted octanol–water partition coefficient (Wildman–Crippen LogP) is 0.717.